The van der Waals surface area contributed by atoms with E-state index in [-0.39, 0.29) is 12.5 Å². The van der Waals surface area contributed by atoms with Gasteiger partial charge in [-0.1, -0.05) is 13.8 Å². The van der Waals surface area contributed by atoms with Gasteiger partial charge in [-0.25, -0.2) is 4.79 Å². The van der Waals surface area contributed by atoms with Gasteiger partial charge < -0.3 is 19.5 Å². The summed E-state index contributed by atoms with van der Waals surface area (Å²) < 4.78 is 16.6. The number of anilines is 1. The van der Waals surface area contributed by atoms with E-state index in [9.17, 15) is 9.59 Å². The number of nitrogens with zero attached hydrogens (tertiary/aromatic N) is 1. The molecule has 150 valence electrons. The molecule has 0 unspecified atom stereocenters. The Morgan fingerprint density at radius 3 is 2.41 bits per heavy atom. The van der Waals surface area contributed by atoms with Crippen molar-refractivity contribution in [3.63, 3.8) is 0 Å². The molecule has 2 rings (SSSR count). The average molecular weight is 379 g/mol. The van der Waals surface area contributed by atoms with E-state index in [1.165, 1.54) is 0 Å². The molecule has 0 radical (unpaired) electrons. The maximum atomic E-state index is 12.1. The fraction of sp³-hybridized carbons (Fsp3) is 0.579. The van der Waals surface area contributed by atoms with Gasteiger partial charge in [0.2, 0.25) is 5.91 Å². The lowest BCUT2D eigenvalue weighted by molar-refractivity contribution is -0.122. The lowest BCUT2D eigenvalue weighted by Crippen LogP contribution is -2.45. The maximum absolute atomic E-state index is 12.1. The van der Waals surface area contributed by atoms with Crippen LogP contribution in [0.5, 0.6) is 11.5 Å². The predicted octanol–water partition coefficient (Wildman–Crippen LogP) is 2.24. The van der Waals surface area contributed by atoms with Gasteiger partial charge in [-0.2, -0.15) is 0 Å². The first-order valence-electron chi connectivity index (χ1n) is 9.43. The number of carbonyl (C=O) groups excluding carboxylic acids is 2. The quantitative estimate of drug-likeness (QED) is 0.684. The van der Waals surface area contributed by atoms with Gasteiger partial charge in [0.1, 0.15) is 0 Å². The van der Waals surface area contributed by atoms with E-state index < -0.39 is 6.03 Å². The van der Waals surface area contributed by atoms with Crippen LogP contribution < -0.4 is 20.1 Å². The highest BCUT2D eigenvalue weighted by atomic mass is 16.5. The van der Waals surface area contributed by atoms with Crippen molar-refractivity contribution in [1.82, 2.24) is 10.2 Å². The van der Waals surface area contributed by atoms with Gasteiger partial charge in [-0.3, -0.25) is 15.0 Å². The Morgan fingerprint density at radius 2 is 1.74 bits per heavy atom. The summed E-state index contributed by atoms with van der Waals surface area (Å²) in [5.41, 5.74) is 0.529. The van der Waals surface area contributed by atoms with Crippen molar-refractivity contribution >= 4 is 17.6 Å². The third-order valence-electron chi connectivity index (χ3n) is 3.85. The molecular weight excluding hydrogens is 350 g/mol. The highest BCUT2D eigenvalue weighted by molar-refractivity contribution is 6.01. The van der Waals surface area contributed by atoms with Crippen LogP contribution in [0.1, 0.15) is 26.7 Å². The normalized spacial score (nSPS) is 14.4. The molecule has 1 fully saturated rings. The number of hydrogen-bond donors (Lipinski definition) is 2. The smallest absolute Gasteiger partial charge is 0.325 e. The first kappa shape index (κ1) is 21.0. The van der Waals surface area contributed by atoms with Crippen LogP contribution >= 0.6 is 0 Å². The number of carbonyl (C=O) groups is 2. The Labute approximate surface area is 160 Å². The summed E-state index contributed by atoms with van der Waals surface area (Å²) in [7, 11) is 0. The lowest BCUT2D eigenvalue weighted by Gasteiger charge is -2.25. The summed E-state index contributed by atoms with van der Waals surface area (Å²) in [6.45, 7) is 7.94. The first-order chi connectivity index (χ1) is 13.1. The van der Waals surface area contributed by atoms with Crippen LogP contribution in [0.3, 0.4) is 0 Å². The fourth-order valence-corrected chi connectivity index (χ4v) is 2.53. The Morgan fingerprint density at radius 1 is 1.07 bits per heavy atom. The third kappa shape index (κ3) is 7.44. The molecule has 8 nitrogen and oxygen atoms in total. The van der Waals surface area contributed by atoms with Crippen LogP contribution in [0.2, 0.25) is 0 Å². The van der Waals surface area contributed by atoms with Crippen LogP contribution in [0.4, 0.5) is 10.5 Å². The minimum atomic E-state index is -0.572. The number of nitrogens with one attached hydrogen (secondary N) is 2. The van der Waals surface area contributed by atoms with Crippen molar-refractivity contribution in [2.45, 2.75) is 26.7 Å². The molecule has 27 heavy (non-hydrogen) atoms. The van der Waals surface area contributed by atoms with Crippen LogP contribution in [-0.2, 0) is 9.53 Å². The number of amides is 3. The molecule has 8 heteroatoms. The topological polar surface area (TPSA) is 89.1 Å². The summed E-state index contributed by atoms with van der Waals surface area (Å²) in [6.07, 6.45) is 1.75. The second-order valence-corrected chi connectivity index (χ2v) is 6.25. The van der Waals surface area contributed by atoms with Gasteiger partial charge in [-0.05, 0) is 25.0 Å². The number of rotatable bonds is 9. The molecule has 0 aromatic heterocycles. The van der Waals surface area contributed by atoms with Crippen molar-refractivity contribution < 1.29 is 23.8 Å². The van der Waals surface area contributed by atoms with Gasteiger partial charge in [0.25, 0.3) is 0 Å². The minimum Gasteiger partial charge on any atom is -0.490 e. The van der Waals surface area contributed by atoms with Crippen LogP contribution in [0, 0.1) is 0 Å². The molecular formula is C19H29N3O5. The Balaban J connectivity index is 1.90. The van der Waals surface area contributed by atoms with Crippen molar-refractivity contribution in [2.24, 2.45) is 0 Å². The molecule has 0 spiro atoms. The largest absolute Gasteiger partial charge is 0.490 e. The third-order valence-corrected chi connectivity index (χ3v) is 3.85. The molecule has 0 bridgehead atoms. The van der Waals surface area contributed by atoms with Crippen LogP contribution in [-0.4, -0.2) is 62.9 Å². The molecule has 0 saturated carbocycles. The Hall–Kier alpha value is -2.32. The van der Waals surface area contributed by atoms with Crippen LogP contribution in [0.25, 0.3) is 0 Å². The summed E-state index contributed by atoms with van der Waals surface area (Å²) in [4.78, 5) is 26.0. The Kier molecular flexibility index (Phi) is 8.86. The van der Waals surface area contributed by atoms with E-state index in [0.29, 0.717) is 56.7 Å². The first-order valence-corrected chi connectivity index (χ1v) is 9.43. The monoisotopic (exact) mass is 379 g/mol. The van der Waals surface area contributed by atoms with E-state index in [0.717, 1.165) is 12.8 Å². The van der Waals surface area contributed by atoms with Crippen molar-refractivity contribution in [3.05, 3.63) is 18.2 Å². The molecule has 0 atom stereocenters. The fourth-order valence-electron chi connectivity index (χ4n) is 2.53. The van der Waals surface area contributed by atoms with E-state index in [2.05, 4.69) is 10.6 Å². The summed E-state index contributed by atoms with van der Waals surface area (Å²) in [5.74, 6) is 0.863. The molecule has 1 aromatic rings. The average Bonchev–Trinajstić information content (AvgIpc) is 2.66. The molecule has 2 N–H and O–H groups in total. The number of urea groups is 1. The second kappa shape index (κ2) is 11.4. The molecule has 1 aliphatic rings. The highest BCUT2D eigenvalue weighted by Gasteiger charge is 2.16. The van der Waals surface area contributed by atoms with Gasteiger partial charge in [0.05, 0.1) is 33.0 Å². The van der Waals surface area contributed by atoms with Gasteiger partial charge in [0.15, 0.2) is 11.5 Å². The summed E-state index contributed by atoms with van der Waals surface area (Å²) >= 11 is 0. The van der Waals surface area contributed by atoms with Gasteiger partial charge in [-0.15, -0.1) is 0 Å². The van der Waals surface area contributed by atoms with Crippen LogP contribution in [0.15, 0.2) is 18.2 Å². The standard InChI is InChI=1S/C19H29N3O5/c1-3-9-26-16-6-5-15(13-17(16)27-10-4-2)20-19(24)21-18(23)14-22-7-11-25-12-8-22/h5-6,13H,3-4,7-12,14H2,1-2H3,(H2,20,21,23,24). The Bertz CT molecular complexity index is 617. The minimum absolute atomic E-state index is 0.172. The summed E-state index contributed by atoms with van der Waals surface area (Å²) in [5, 5.41) is 5.00. The van der Waals surface area contributed by atoms with Gasteiger partial charge >= 0.3 is 6.03 Å². The number of hydrogen-bond acceptors (Lipinski definition) is 6. The van der Waals surface area contributed by atoms with Crippen molar-refractivity contribution in [2.75, 3.05) is 51.4 Å². The van der Waals surface area contributed by atoms with E-state index in [1.807, 2.05) is 18.7 Å². The predicted molar refractivity (Wildman–Crippen MR) is 102 cm³/mol. The zero-order chi connectivity index (χ0) is 19.5. The number of morpholine rings is 1. The lowest BCUT2D eigenvalue weighted by atomic mass is 10.2. The van der Waals surface area contributed by atoms with E-state index >= 15 is 0 Å². The molecule has 1 aliphatic heterocycles. The van der Waals surface area contributed by atoms with E-state index in [4.69, 9.17) is 14.2 Å². The highest BCUT2D eigenvalue weighted by Crippen LogP contribution is 2.30. The number of ether oxygens (including phenoxy) is 3. The number of benzene rings is 1. The molecule has 1 aromatic carbocycles. The molecule has 1 saturated heterocycles. The van der Waals surface area contributed by atoms with Crippen molar-refractivity contribution in [3.8, 4) is 11.5 Å². The zero-order valence-corrected chi connectivity index (χ0v) is 16.1. The van der Waals surface area contributed by atoms with Gasteiger partial charge in [0, 0.05) is 24.8 Å². The number of imide groups is 1. The SMILES string of the molecule is CCCOc1ccc(NC(=O)NC(=O)CN2CCOCC2)cc1OCCC. The molecule has 3 amide bonds. The van der Waals surface area contributed by atoms with Crippen molar-refractivity contribution in [1.29, 1.82) is 0 Å². The zero-order valence-electron chi connectivity index (χ0n) is 16.1. The van der Waals surface area contributed by atoms with E-state index in [1.54, 1.807) is 18.2 Å². The maximum Gasteiger partial charge on any atom is 0.325 e. The summed E-state index contributed by atoms with van der Waals surface area (Å²) in [6, 6.07) is 4.60. The molecule has 1 heterocycles. The second-order valence-electron chi connectivity index (χ2n) is 6.25. The molecule has 0 aliphatic carbocycles.